The Hall–Kier alpha value is -1.94. The van der Waals surface area contributed by atoms with Crippen LogP contribution < -0.4 is 0 Å². The minimum absolute atomic E-state index is 0.106. The summed E-state index contributed by atoms with van der Waals surface area (Å²) < 4.78 is 68.4. The summed E-state index contributed by atoms with van der Waals surface area (Å²) in [7, 11) is -9.90. The van der Waals surface area contributed by atoms with Gasteiger partial charge in [0.05, 0.1) is 26.4 Å². The van der Waals surface area contributed by atoms with Gasteiger partial charge in [0, 0.05) is 25.7 Å². The van der Waals surface area contributed by atoms with Crippen LogP contribution in [0.3, 0.4) is 0 Å². The van der Waals surface area contributed by atoms with Gasteiger partial charge in [0.15, 0.2) is 12.2 Å². The third-order valence-electron chi connectivity index (χ3n) is 18.2. The molecule has 570 valence electrons. The zero-order valence-corrected chi connectivity index (χ0v) is 64.6. The van der Waals surface area contributed by atoms with Gasteiger partial charge in [0.25, 0.3) is 0 Å². The first-order valence-corrected chi connectivity index (χ1v) is 42.9. The maximum absolute atomic E-state index is 13.1. The highest BCUT2D eigenvalue weighted by Crippen LogP contribution is 2.45. The summed E-state index contributed by atoms with van der Waals surface area (Å²) in [5.41, 5.74) is 0. The largest absolute Gasteiger partial charge is 0.472 e. The second-order valence-electron chi connectivity index (χ2n) is 28.9. The molecule has 0 radical (unpaired) electrons. The van der Waals surface area contributed by atoms with Gasteiger partial charge in [-0.2, -0.15) is 0 Å². The molecule has 0 aromatic rings. The molecule has 0 aliphatic heterocycles. The molecule has 0 aromatic carbocycles. The second kappa shape index (κ2) is 67.5. The predicted molar refractivity (Wildman–Crippen MR) is 391 cm³/mol. The number of ether oxygens (including phenoxy) is 4. The van der Waals surface area contributed by atoms with Crippen LogP contribution >= 0.6 is 15.6 Å². The Morgan fingerprint density at radius 1 is 0.302 bits per heavy atom. The monoisotopic (exact) mass is 1410 g/mol. The number of hydrogen-bond acceptors (Lipinski definition) is 15. The van der Waals surface area contributed by atoms with E-state index in [1.54, 1.807) is 0 Å². The van der Waals surface area contributed by atoms with Gasteiger partial charge < -0.3 is 33.8 Å². The van der Waals surface area contributed by atoms with Gasteiger partial charge in [0.2, 0.25) is 0 Å². The number of rotatable bonds is 75. The minimum Gasteiger partial charge on any atom is -0.462 e. The molecule has 0 saturated carbocycles. The Labute approximate surface area is 588 Å². The van der Waals surface area contributed by atoms with E-state index >= 15 is 0 Å². The van der Waals surface area contributed by atoms with Crippen molar-refractivity contribution in [3.8, 4) is 0 Å². The molecule has 0 saturated heterocycles. The lowest BCUT2D eigenvalue weighted by Gasteiger charge is -2.21. The normalized spacial score (nSPS) is 14.3. The highest BCUT2D eigenvalue weighted by molar-refractivity contribution is 7.47. The van der Waals surface area contributed by atoms with Crippen LogP contribution in [0, 0.1) is 17.8 Å². The molecule has 0 aliphatic rings. The lowest BCUT2D eigenvalue weighted by Crippen LogP contribution is -2.30. The number of unbranched alkanes of at least 4 members (excludes halogenated alkanes) is 42. The smallest absolute Gasteiger partial charge is 0.462 e. The van der Waals surface area contributed by atoms with Crippen LogP contribution in [0.4, 0.5) is 0 Å². The number of phosphoric ester groups is 2. The first kappa shape index (κ1) is 94.1. The first-order chi connectivity index (χ1) is 46.3. The Morgan fingerprint density at radius 2 is 0.531 bits per heavy atom. The van der Waals surface area contributed by atoms with Gasteiger partial charge in [-0.15, -0.1) is 0 Å². The molecular weight excluding hydrogens is 1260 g/mol. The van der Waals surface area contributed by atoms with Crippen molar-refractivity contribution in [3.05, 3.63) is 0 Å². The fourth-order valence-corrected chi connectivity index (χ4v) is 13.3. The summed E-state index contributed by atoms with van der Waals surface area (Å²) in [5, 5.41) is 10.6. The van der Waals surface area contributed by atoms with Gasteiger partial charge in [-0.1, -0.05) is 344 Å². The van der Waals surface area contributed by atoms with Crippen LogP contribution in [0.2, 0.25) is 0 Å². The van der Waals surface area contributed by atoms with E-state index in [4.69, 9.17) is 37.0 Å². The van der Waals surface area contributed by atoms with Crippen molar-refractivity contribution < 1.29 is 80.2 Å². The molecule has 0 aromatic heterocycles. The van der Waals surface area contributed by atoms with Crippen LogP contribution in [0.25, 0.3) is 0 Å². The lowest BCUT2D eigenvalue weighted by atomic mass is 9.99. The standard InChI is InChI=1S/C77H150O17P2/c1-8-10-11-41-51-58-74(79)87-64-72(93-76(81)60-54-47-40-34-28-22-16-18-24-30-36-43-49-56-69(5)6)66-91-95(83,84)89-62-71(78)63-90-96(85,86)92-67-73(65-88-75(80)59-52-45-38-32-26-20-14-12-17-23-29-35-42-48-55-68(3)4)94-77(82)61-53-46-39-33-27-21-15-13-19-25-31-37-44-50-57-70(7)9-2/h68-73,78H,8-67H2,1-7H3,(H,83,84)(H,85,86)/t70?,71-,72+,73+/m0/s1. The molecule has 96 heavy (non-hydrogen) atoms. The van der Waals surface area contributed by atoms with E-state index in [1.165, 1.54) is 199 Å². The number of carbonyl (C=O) groups excluding carboxylic acids is 4. The molecule has 0 spiro atoms. The summed E-state index contributed by atoms with van der Waals surface area (Å²) in [4.78, 5) is 72.6. The molecule has 0 amide bonds. The van der Waals surface area contributed by atoms with Gasteiger partial charge in [-0.3, -0.25) is 37.3 Å². The predicted octanol–water partition coefficient (Wildman–Crippen LogP) is 22.6. The maximum atomic E-state index is 13.1. The lowest BCUT2D eigenvalue weighted by molar-refractivity contribution is -0.161. The van der Waals surface area contributed by atoms with Crippen molar-refractivity contribution in [2.24, 2.45) is 17.8 Å². The third-order valence-corrected chi connectivity index (χ3v) is 20.1. The second-order valence-corrected chi connectivity index (χ2v) is 31.8. The van der Waals surface area contributed by atoms with Crippen LogP contribution in [0.5, 0.6) is 0 Å². The Bertz CT molecular complexity index is 1870. The maximum Gasteiger partial charge on any atom is 0.472 e. The molecule has 0 fully saturated rings. The molecule has 19 heteroatoms. The first-order valence-electron chi connectivity index (χ1n) is 39.9. The highest BCUT2D eigenvalue weighted by atomic mass is 31.2. The SMILES string of the molecule is CCCCCCCC(=O)OC[C@H](COP(=O)(O)OC[C@H](O)COP(=O)(O)OC[C@@H](COC(=O)CCCCCCCCCCCCCCCCC(C)C)OC(=O)CCCCCCCCCCCCCCCCC(C)CC)OC(=O)CCCCCCCCCCCCCCCC(C)C. The van der Waals surface area contributed by atoms with Gasteiger partial charge >= 0.3 is 39.5 Å². The number of hydrogen-bond donors (Lipinski definition) is 3. The molecule has 0 bridgehead atoms. The molecule has 0 rings (SSSR count). The fraction of sp³-hybridized carbons (Fsp3) is 0.948. The van der Waals surface area contributed by atoms with Crippen LogP contribution in [0.1, 0.15) is 395 Å². The van der Waals surface area contributed by atoms with E-state index < -0.39 is 97.5 Å². The number of carbonyl (C=O) groups is 4. The molecule has 3 N–H and O–H groups in total. The highest BCUT2D eigenvalue weighted by Gasteiger charge is 2.30. The zero-order valence-electron chi connectivity index (χ0n) is 62.8. The third kappa shape index (κ3) is 69.2. The Kier molecular flexibility index (Phi) is 66.2. The number of aliphatic hydroxyl groups excluding tert-OH is 1. The fourth-order valence-electron chi connectivity index (χ4n) is 11.7. The van der Waals surface area contributed by atoms with E-state index in [0.29, 0.717) is 25.7 Å². The topological polar surface area (TPSA) is 237 Å². The summed E-state index contributed by atoms with van der Waals surface area (Å²) in [6.07, 6.45) is 54.4. The molecule has 0 heterocycles. The summed E-state index contributed by atoms with van der Waals surface area (Å²) >= 11 is 0. The summed E-state index contributed by atoms with van der Waals surface area (Å²) in [6, 6.07) is 0. The van der Waals surface area contributed by atoms with Crippen LogP contribution in [-0.2, 0) is 65.4 Å². The van der Waals surface area contributed by atoms with Crippen LogP contribution in [0.15, 0.2) is 0 Å². The molecule has 3 unspecified atom stereocenters. The molecule has 17 nitrogen and oxygen atoms in total. The average Bonchev–Trinajstić information content (AvgIpc) is 1.27. The molecule has 0 aliphatic carbocycles. The van der Waals surface area contributed by atoms with E-state index in [0.717, 1.165) is 114 Å². The van der Waals surface area contributed by atoms with E-state index in [1.807, 2.05) is 0 Å². The van der Waals surface area contributed by atoms with Gasteiger partial charge in [0.1, 0.15) is 19.3 Å². The average molecular weight is 1410 g/mol. The van der Waals surface area contributed by atoms with Crippen molar-refractivity contribution in [1.82, 2.24) is 0 Å². The Balaban J connectivity index is 5.14. The van der Waals surface area contributed by atoms with Crippen molar-refractivity contribution >= 4 is 39.5 Å². The Morgan fingerprint density at radius 3 is 0.792 bits per heavy atom. The zero-order chi connectivity index (χ0) is 70.9. The number of phosphoric acid groups is 2. The number of aliphatic hydroxyl groups is 1. The molecule has 6 atom stereocenters. The van der Waals surface area contributed by atoms with Crippen LogP contribution in [-0.4, -0.2) is 96.7 Å². The van der Waals surface area contributed by atoms with E-state index in [-0.39, 0.29) is 25.7 Å². The van der Waals surface area contributed by atoms with E-state index in [2.05, 4.69) is 48.5 Å². The summed E-state index contributed by atoms with van der Waals surface area (Å²) in [6.45, 7) is 11.9. The van der Waals surface area contributed by atoms with Gasteiger partial charge in [-0.25, -0.2) is 9.13 Å². The number of esters is 4. The van der Waals surface area contributed by atoms with Crippen molar-refractivity contribution in [2.45, 2.75) is 414 Å². The van der Waals surface area contributed by atoms with E-state index in [9.17, 15) is 43.2 Å². The van der Waals surface area contributed by atoms with Crippen molar-refractivity contribution in [3.63, 3.8) is 0 Å². The van der Waals surface area contributed by atoms with Crippen molar-refractivity contribution in [1.29, 1.82) is 0 Å². The summed E-state index contributed by atoms with van der Waals surface area (Å²) in [5.74, 6) is 0.305. The van der Waals surface area contributed by atoms with Gasteiger partial charge in [-0.05, 0) is 43.4 Å². The molecular formula is C77H150O17P2. The quantitative estimate of drug-likeness (QED) is 0.0222. The van der Waals surface area contributed by atoms with Crippen molar-refractivity contribution in [2.75, 3.05) is 39.6 Å². The minimum atomic E-state index is -4.96.